The molecule has 0 fully saturated rings. The summed E-state index contributed by atoms with van der Waals surface area (Å²) in [5.41, 5.74) is 2.55. The third-order valence-corrected chi connectivity index (χ3v) is 7.09. The number of rotatable bonds is 21. The van der Waals surface area contributed by atoms with E-state index >= 15 is 0 Å². The van der Waals surface area contributed by atoms with Crippen molar-refractivity contribution in [2.75, 3.05) is 13.2 Å². The van der Waals surface area contributed by atoms with Gasteiger partial charge in [0.2, 0.25) is 0 Å². The third-order valence-electron chi connectivity index (χ3n) is 6.28. The molecule has 0 heterocycles. The molecule has 2 rings (SSSR count). The minimum absolute atomic E-state index is 0.634. The van der Waals surface area contributed by atoms with Gasteiger partial charge in [0.05, 0.1) is 13.2 Å². The van der Waals surface area contributed by atoms with Gasteiger partial charge in [0.1, 0.15) is 0 Å². The van der Waals surface area contributed by atoms with Crippen LogP contribution in [-0.4, -0.2) is 18.1 Å². The van der Waals surface area contributed by atoms with E-state index in [2.05, 4.69) is 62.4 Å². The summed E-state index contributed by atoms with van der Waals surface area (Å²) in [6.07, 6.45) is 20.6. The molecule has 0 aliphatic rings. The fourth-order valence-corrected chi connectivity index (χ4v) is 4.70. The minimum atomic E-state index is -1.65. The average molecular weight is 517 g/mol. The second-order valence-electron chi connectivity index (χ2n) is 9.59. The Bertz CT molecular complexity index is 621. The molecule has 2 aromatic carbocycles. The van der Waals surface area contributed by atoms with Crippen molar-refractivity contribution in [2.45, 2.75) is 117 Å². The van der Waals surface area contributed by atoms with Crippen LogP contribution >= 0.6 is 8.60 Å². The molecule has 0 saturated carbocycles. The summed E-state index contributed by atoms with van der Waals surface area (Å²) in [4.78, 5) is 9.67. The summed E-state index contributed by atoms with van der Waals surface area (Å²) < 4.78 is 10.7. The molecule has 204 valence electrons. The van der Waals surface area contributed by atoms with Crippen molar-refractivity contribution >= 4 is 8.60 Å². The minimum Gasteiger partial charge on any atom is -0.328 e. The maximum Gasteiger partial charge on any atom is 0.329 e. The van der Waals surface area contributed by atoms with Crippen molar-refractivity contribution in [1.82, 2.24) is 0 Å². The van der Waals surface area contributed by atoms with Crippen LogP contribution in [0, 0.1) is 0 Å². The second-order valence-corrected chi connectivity index (χ2v) is 10.6. The van der Waals surface area contributed by atoms with Crippen molar-refractivity contribution in [3.8, 4) is 11.1 Å². The van der Waals surface area contributed by atoms with Crippen LogP contribution < -0.4 is 0 Å². The lowest BCUT2D eigenvalue weighted by molar-refractivity contribution is 0.193. The molecule has 0 spiro atoms. The van der Waals surface area contributed by atoms with E-state index in [0.29, 0.717) is 13.2 Å². The summed E-state index contributed by atoms with van der Waals surface area (Å²) in [7, 11) is -1.65. The van der Waals surface area contributed by atoms with Crippen LogP contribution in [0.5, 0.6) is 0 Å². The first kappa shape index (κ1) is 32.8. The summed E-state index contributed by atoms with van der Waals surface area (Å²) in [5, 5.41) is 0. The van der Waals surface area contributed by atoms with Gasteiger partial charge in [-0.25, -0.2) is 0 Å². The van der Waals surface area contributed by atoms with Gasteiger partial charge in [0.25, 0.3) is 0 Å². The van der Waals surface area contributed by atoms with Crippen LogP contribution in [0.3, 0.4) is 0 Å². The van der Waals surface area contributed by atoms with Gasteiger partial charge in [-0.1, -0.05) is 164 Å². The largest absolute Gasteiger partial charge is 0.329 e. The van der Waals surface area contributed by atoms with Crippen molar-refractivity contribution in [1.29, 1.82) is 0 Å². The van der Waals surface area contributed by atoms with E-state index in [1.807, 2.05) is 12.1 Å². The van der Waals surface area contributed by atoms with E-state index in [9.17, 15) is 4.89 Å². The van der Waals surface area contributed by atoms with E-state index in [1.54, 1.807) is 0 Å². The predicted molar refractivity (Wildman–Crippen MR) is 158 cm³/mol. The Hall–Kier alpha value is -1.25. The molecule has 0 radical (unpaired) electrons. The van der Waals surface area contributed by atoms with E-state index in [4.69, 9.17) is 9.05 Å². The Balaban J connectivity index is 0.000000442. The Labute approximate surface area is 224 Å². The van der Waals surface area contributed by atoms with Gasteiger partial charge in [0.15, 0.2) is 0 Å². The number of hydrogen-bond donors (Lipinski definition) is 1. The number of hydrogen-bond acceptors (Lipinski definition) is 3. The van der Waals surface area contributed by atoms with Gasteiger partial charge in [-0.2, -0.15) is 0 Å². The highest BCUT2D eigenvalue weighted by Crippen LogP contribution is 2.33. The molecule has 0 bridgehead atoms. The molecular weight excluding hydrogens is 463 g/mol. The summed E-state index contributed by atoms with van der Waals surface area (Å²) >= 11 is 0. The first-order valence-electron chi connectivity index (χ1n) is 14.6. The Morgan fingerprint density at radius 2 is 0.778 bits per heavy atom. The second kappa shape index (κ2) is 25.4. The molecule has 1 N–H and O–H groups in total. The normalized spacial score (nSPS) is 10.9. The first-order chi connectivity index (χ1) is 17.8. The monoisotopic (exact) mass is 516 g/mol. The number of benzene rings is 2. The van der Waals surface area contributed by atoms with Crippen molar-refractivity contribution in [2.24, 2.45) is 0 Å². The molecular formula is C32H53O3P. The molecule has 3 nitrogen and oxygen atoms in total. The van der Waals surface area contributed by atoms with Crippen LogP contribution in [0.1, 0.15) is 117 Å². The van der Waals surface area contributed by atoms with Gasteiger partial charge < -0.3 is 13.9 Å². The van der Waals surface area contributed by atoms with Crippen molar-refractivity contribution < 1.29 is 13.9 Å². The van der Waals surface area contributed by atoms with Crippen LogP contribution in [0.2, 0.25) is 0 Å². The summed E-state index contributed by atoms with van der Waals surface area (Å²) in [6.45, 7) is 5.77. The SMILES string of the molecule is CCCCCCCCCCOP(O)OCCCCCCCCCC.c1ccc(-c2ccccc2)cc1. The van der Waals surface area contributed by atoms with Crippen molar-refractivity contribution in [3.05, 3.63) is 60.7 Å². The molecule has 0 unspecified atom stereocenters. The Kier molecular flexibility index (Phi) is 23.1. The van der Waals surface area contributed by atoms with Gasteiger partial charge >= 0.3 is 8.60 Å². The lowest BCUT2D eigenvalue weighted by Crippen LogP contribution is -1.95. The topological polar surface area (TPSA) is 38.7 Å². The van der Waals surface area contributed by atoms with E-state index in [1.165, 1.54) is 101 Å². The maximum atomic E-state index is 9.67. The first-order valence-corrected chi connectivity index (χ1v) is 15.8. The zero-order valence-electron chi connectivity index (χ0n) is 23.2. The fourth-order valence-electron chi connectivity index (χ4n) is 4.06. The lowest BCUT2D eigenvalue weighted by atomic mass is 10.1. The molecule has 0 aliphatic carbocycles. The standard InChI is InChI=1S/C20H43O3P.C12H10/c1-3-5-7-9-11-13-15-17-19-22-24(21)23-20-18-16-14-12-10-8-6-4-2;1-3-7-11(8-4-1)12-9-5-2-6-10-12/h21H,3-20H2,1-2H3;1-10H. The molecule has 0 aromatic heterocycles. The van der Waals surface area contributed by atoms with Gasteiger partial charge in [-0.15, -0.1) is 0 Å². The summed E-state index contributed by atoms with van der Waals surface area (Å²) in [6, 6.07) is 20.8. The fraction of sp³-hybridized carbons (Fsp3) is 0.625. The quantitative estimate of drug-likeness (QED) is 0.132. The molecule has 0 amide bonds. The molecule has 2 aromatic rings. The predicted octanol–water partition coefficient (Wildman–Crippen LogP) is 10.9. The summed E-state index contributed by atoms with van der Waals surface area (Å²) in [5.74, 6) is 0. The molecule has 0 aliphatic heterocycles. The molecule has 36 heavy (non-hydrogen) atoms. The average Bonchev–Trinajstić information content (AvgIpc) is 2.92. The lowest BCUT2D eigenvalue weighted by Gasteiger charge is -2.10. The molecule has 0 atom stereocenters. The number of unbranched alkanes of at least 4 members (excludes halogenated alkanes) is 14. The highest BCUT2D eigenvalue weighted by atomic mass is 31.2. The maximum absolute atomic E-state index is 9.67. The van der Waals surface area contributed by atoms with E-state index in [-0.39, 0.29) is 0 Å². The van der Waals surface area contributed by atoms with Crippen molar-refractivity contribution in [3.63, 3.8) is 0 Å². The van der Waals surface area contributed by atoms with E-state index < -0.39 is 8.60 Å². The molecule has 0 saturated heterocycles. The zero-order chi connectivity index (χ0) is 25.9. The van der Waals surface area contributed by atoms with E-state index in [0.717, 1.165) is 12.8 Å². The Morgan fingerprint density at radius 1 is 0.472 bits per heavy atom. The zero-order valence-corrected chi connectivity index (χ0v) is 24.1. The van der Waals surface area contributed by atoms with Gasteiger partial charge in [-0.05, 0) is 24.0 Å². The Morgan fingerprint density at radius 3 is 1.11 bits per heavy atom. The van der Waals surface area contributed by atoms with Crippen LogP contribution in [0.4, 0.5) is 0 Å². The smallest absolute Gasteiger partial charge is 0.328 e. The van der Waals surface area contributed by atoms with Crippen LogP contribution in [-0.2, 0) is 9.05 Å². The molecule has 4 heteroatoms. The third kappa shape index (κ3) is 19.9. The highest BCUT2D eigenvalue weighted by Gasteiger charge is 2.05. The van der Waals surface area contributed by atoms with Gasteiger partial charge in [0, 0.05) is 0 Å². The van der Waals surface area contributed by atoms with Gasteiger partial charge in [-0.3, -0.25) is 0 Å². The van der Waals surface area contributed by atoms with Crippen LogP contribution in [0.15, 0.2) is 60.7 Å². The van der Waals surface area contributed by atoms with Crippen LogP contribution in [0.25, 0.3) is 11.1 Å². The highest BCUT2D eigenvalue weighted by molar-refractivity contribution is 7.40.